The van der Waals surface area contributed by atoms with Crippen molar-refractivity contribution < 1.29 is 23.8 Å². The predicted molar refractivity (Wildman–Crippen MR) is 112 cm³/mol. The number of ether oxygens (including phenoxy) is 3. The molecule has 2 aliphatic rings. The van der Waals surface area contributed by atoms with Crippen LogP contribution in [-0.4, -0.2) is 49.5 Å². The van der Waals surface area contributed by atoms with E-state index >= 15 is 0 Å². The summed E-state index contributed by atoms with van der Waals surface area (Å²) in [5.41, 5.74) is 2.01. The number of carbonyl (C=O) groups excluding carboxylic acids is 2. The second-order valence-corrected chi connectivity index (χ2v) is 7.95. The molecule has 3 atom stereocenters. The molecule has 2 aromatic carbocycles. The standard InChI is InChI=1S/C24H27NO5/c1-28-19-9-17(10-20(12-19)29-2)15-30-21-13-22-23(26)11-18(24(27)25(22)14-21)8-16-6-4-3-5-7-16/h3-7,9-10,12,18,21-22H,8,11,13-15H2,1-2H3. The molecule has 158 valence electrons. The van der Waals surface area contributed by atoms with Crippen LogP contribution in [0.1, 0.15) is 24.0 Å². The molecular formula is C24H27NO5. The minimum Gasteiger partial charge on any atom is -0.497 e. The Hall–Kier alpha value is -2.86. The van der Waals surface area contributed by atoms with Gasteiger partial charge in [0.25, 0.3) is 0 Å². The molecule has 6 nitrogen and oxygen atoms in total. The summed E-state index contributed by atoms with van der Waals surface area (Å²) in [7, 11) is 3.22. The van der Waals surface area contributed by atoms with Crippen molar-refractivity contribution in [3.8, 4) is 11.5 Å². The molecule has 4 rings (SSSR count). The van der Waals surface area contributed by atoms with E-state index < -0.39 is 0 Å². The van der Waals surface area contributed by atoms with E-state index in [0.717, 1.165) is 11.1 Å². The maximum absolute atomic E-state index is 13.0. The number of hydrogen-bond donors (Lipinski definition) is 0. The molecule has 0 bridgehead atoms. The zero-order chi connectivity index (χ0) is 21.1. The molecule has 0 N–H and O–H groups in total. The molecule has 6 heteroatoms. The molecule has 3 unspecified atom stereocenters. The lowest BCUT2D eigenvalue weighted by atomic mass is 9.87. The summed E-state index contributed by atoms with van der Waals surface area (Å²) in [6.07, 6.45) is 1.32. The number of hydrogen-bond acceptors (Lipinski definition) is 5. The fourth-order valence-electron chi connectivity index (χ4n) is 4.39. The van der Waals surface area contributed by atoms with Crippen LogP contribution < -0.4 is 9.47 Å². The van der Waals surface area contributed by atoms with Gasteiger partial charge in [-0.25, -0.2) is 0 Å². The maximum atomic E-state index is 13.0. The summed E-state index contributed by atoms with van der Waals surface area (Å²) >= 11 is 0. The highest BCUT2D eigenvalue weighted by Gasteiger charge is 2.46. The molecule has 0 aromatic heterocycles. The van der Waals surface area contributed by atoms with Gasteiger partial charge in [-0.3, -0.25) is 9.59 Å². The van der Waals surface area contributed by atoms with Crippen LogP contribution in [0.4, 0.5) is 0 Å². The van der Waals surface area contributed by atoms with Crippen molar-refractivity contribution in [1.82, 2.24) is 4.90 Å². The number of fused-ring (bicyclic) bond motifs is 1. The predicted octanol–water partition coefficient (Wildman–Crippen LogP) is 3.02. The summed E-state index contributed by atoms with van der Waals surface area (Å²) in [5.74, 6) is 1.33. The molecule has 2 saturated heterocycles. The second kappa shape index (κ2) is 8.88. The van der Waals surface area contributed by atoms with Gasteiger partial charge in [-0.1, -0.05) is 30.3 Å². The number of Topliss-reactive ketones (excluding diaryl/α,β-unsaturated/α-hetero) is 1. The molecule has 0 radical (unpaired) electrons. The van der Waals surface area contributed by atoms with Crippen LogP contribution in [0.3, 0.4) is 0 Å². The van der Waals surface area contributed by atoms with Crippen molar-refractivity contribution in [2.45, 2.75) is 38.0 Å². The van der Waals surface area contributed by atoms with E-state index in [1.54, 1.807) is 19.1 Å². The van der Waals surface area contributed by atoms with Gasteiger partial charge in [0.05, 0.1) is 33.0 Å². The van der Waals surface area contributed by atoms with Crippen molar-refractivity contribution in [1.29, 1.82) is 0 Å². The monoisotopic (exact) mass is 409 g/mol. The molecule has 1 amide bonds. The van der Waals surface area contributed by atoms with E-state index in [-0.39, 0.29) is 29.8 Å². The van der Waals surface area contributed by atoms with Crippen molar-refractivity contribution >= 4 is 11.7 Å². The number of carbonyl (C=O) groups is 2. The number of piperidine rings is 1. The van der Waals surface area contributed by atoms with E-state index in [2.05, 4.69) is 0 Å². The van der Waals surface area contributed by atoms with Crippen molar-refractivity contribution in [2.75, 3.05) is 20.8 Å². The molecular weight excluding hydrogens is 382 g/mol. The normalized spacial score (nSPS) is 23.4. The average molecular weight is 409 g/mol. The van der Waals surface area contributed by atoms with Crippen LogP contribution in [0.2, 0.25) is 0 Å². The Morgan fingerprint density at radius 3 is 2.33 bits per heavy atom. The topological polar surface area (TPSA) is 65.1 Å². The molecule has 0 aliphatic carbocycles. The fourth-order valence-corrected chi connectivity index (χ4v) is 4.39. The highest BCUT2D eigenvalue weighted by atomic mass is 16.5. The van der Waals surface area contributed by atoms with Crippen molar-refractivity contribution in [3.05, 3.63) is 59.7 Å². The second-order valence-electron chi connectivity index (χ2n) is 7.95. The zero-order valence-corrected chi connectivity index (χ0v) is 17.4. The van der Waals surface area contributed by atoms with Crippen LogP contribution in [0.25, 0.3) is 0 Å². The number of methoxy groups -OCH3 is 2. The first-order valence-corrected chi connectivity index (χ1v) is 10.3. The Balaban J connectivity index is 1.39. The zero-order valence-electron chi connectivity index (χ0n) is 17.4. The summed E-state index contributed by atoms with van der Waals surface area (Å²) < 4.78 is 16.7. The third-order valence-corrected chi connectivity index (χ3v) is 5.94. The van der Waals surface area contributed by atoms with Gasteiger partial charge in [-0.2, -0.15) is 0 Å². The van der Waals surface area contributed by atoms with E-state index in [0.29, 0.717) is 43.9 Å². The Kier molecular flexibility index (Phi) is 6.04. The van der Waals surface area contributed by atoms with Crippen LogP contribution >= 0.6 is 0 Å². The average Bonchev–Trinajstić information content (AvgIpc) is 3.21. The van der Waals surface area contributed by atoms with Gasteiger partial charge in [0.1, 0.15) is 11.5 Å². The van der Waals surface area contributed by atoms with Crippen LogP contribution in [0.15, 0.2) is 48.5 Å². The van der Waals surface area contributed by atoms with Gasteiger partial charge in [0.2, 0.25) is 5.91 Å². The Morgan fingerprint density at radius 2 is 1.67 bits per heavy atom. The molecule has 2 fully saturated rings. The van der Waals surface area contributed by atoms with E-state index in [1.807, 2.05) is 48.5 Å². The molecule has 2 heterocycles. The third kappa shape index (κ3) is 4.33. The SMILES string of the molecule is COc1cc(COC2CC3C(=O)CC(Cc4ccccc4)C(=O)N3C2)cc(OC)c1. The van der Waals surface area contributed by atoms with E-state index in [4.69, 9.17) is 14.2 Å². The van der Waals surface area contributed by atoms with Crippen LogP contribution in [0, 0.1) is 5.92 Å². The first kappa shape index (κ1) is 20.4. The maximum Gasteiger partial charge on any atom is 0.227 e. The summed E-state index contributed by atoms with van der Waals surface area (Å²) in [6.45, 7) is 0.830. The molecule has 0 saturated carbocycles. The smallest absolute Gasteiger partial charge is 0.227 e. The number of amides is 1. The first-order chi connectivity index (χ1) is 14.6. The number of benzene rings is 2. The van der Waals surface area contributed by atoms with Gasteiger partial charge >= 0.3 is 0 Å². The van der Waals surface area contributed by atoms with Gasteiger partial charge in [0.15, 0.2) is 5.78 Å². The largest absolute Gasteiger partial charge is 0.497 e. The van der Waals surface area contributed by atoms with Crippen LogP contribution in [0.5, 0.6) is 11.5 Å². The molecule has 30 heavy (non-hydrogen) atoms. The molecule has 2 aromatic rings. The summed E-state index contributed by atoms with van der Waals surface area (Å²) in [6, 6.07) is 15.1. The minimum absolute atomic E-state index is 0.0672. The highest BCUT2D eigenvalue weighted by Crippen LogP contribution is 2.32. The lowest BCUT2D eigenvalue weighted by Crippen LogP contribution is -2.50. The Labute approximate surface area is 176 Å². The van der Waals surface area contributed by atoms with Gasteiger partial charge in [-0.15, -0.1) is 0 Å². The third-order valence-electron chi connectivity index (χ3n) is 5.94. The lowest BCUT2D eigenvalue weighted by molar-refractivity contribution is -0.147. The lowest BCUT2D eigenvalue weighted by Gasteiger charge is -2.33. The first-order valence-electron chi connectivity index (χ1n) is 10.3. The van der Waals surface area contributed by atoms with Crippen molar-refractivity contribution in [2.24, 2.45) is 5.92 Å². The number of rotatable bonds is 7. The minimum atomic E-state index is -0.352. The number of nitrogens with zero attached hydrogens (tertiary/aromatic N) is 1. The Bertz CT molecular complexity index is 891. The summed E-state index contributed by atoms with van der Waals surface area (Å²) in [4.78, 5) is 27.5. The molecule has 0 spiro atoms. The quantitative estimate of drug-likeness (QED) is 0.703. The van der Waals surface area contributed by atoms with Crippen molar-refractivity contribution in [3.63, 3.8) is 0 Å². The van der Waals surface area contributed by atoms with E-state index in [1.165, 1.54) is 0 Å². The molecule has 2 aliphatic heterocycles. The fraction of sp³-hybridized carbons (Fsp3) is 0.417. The summed E-state index contributed by atoms with van der Waals surface area (Å²) in [5, 5.41) is 0. The highest BCUT2D eigenvalue weighted by molar-refractivity contribution is 5.97. The van der Waals surface area contributed by atoms with Gasteiger partial charge < -0.3 is 19.1 Å². The van der Waals surface area contributed by atoms with Crippen LogP contribution in [-0.2, 0) is 27.4 Å². The van der Waals surface area contributed by atoms with Gasteiger partial charge in [0, 0.05) is 31.4 Å². The van der Waals surface area contributed by atoms with E-state index in [9.17, 15) is 9.59 Å². The number of ketones is 1. The Morgan fingerprint density at radius 1 is 0.967 bits per heavy atom. The van der Waals surface area contributed by atoms with Gasteiger partial charge in [-0.05, 0) is 29.7 Å².